The van der Waals surface area contributed by atoms with Crippen LogP contribution in [0.2, 0.25) is 0 Å². The third kappa shape index (κ3) is 3.57. The Morgan fingerprint density at radius 1 is 1.36 bits per heavy atom. The Labute approximate surface area is 78.3 Å². The van der Waals surface area contributed by atoms with Gasteiger partial charge in [-0.15, -0.1) is 0 Å². The van der Waals surface area contributed by atoms with E-state index in [1.165, 1.54) is 32.5 Å². The first-order chi connectivity index (χ1) is 5.18. The van der Waals surface area contributed by atoms with Gasteiger partial charge in [0.25, 0.3) is 0 Å². The highest BCUT2D eigenvalue weighted by atomic mass is 79.9. The van der Waals surface area contributed by atoms with Crippen molar-refractivity contribution in [3.05, 3.63) is 0 Å². The van der Waals surface area contributed by atoms with Crippen molar-refractivity contribution >= 4 is 15.9 Å². The van der Waals surface area contributed by atoms with Crippen LogP contribution in [0.1, 0.15) is 26.7 Å². The van der Waals surface area contributed by atoms with Gasteiger partial charge in [0.1, 0.15) is 0 Å². The molecule has 1 aliphatic heterocycles. The zero-order valence-electron chi connectivity index (χ0n) is 7.52. The Balaban J connectivity index is 2.17. The van der Waals surface area contributed by atoms with Crippen LogP contribution in [0.25, 0.3) is 0 Å². The van der Waals surface area contributed by atoms with Crippen molar-refractivity contribution in [2.45, 2.75) is 31.5 Å². The van der Waals surface area contributed by atoms with Crippen LogP contribution in [0.5, 0.6) is 0 Å². The molecule has 0 radical (unpaired) electrons. The van der Waals surface area contributed by atoms with Crippen molar-refractivity contribution in [2.24, 2.45) is 5.92 Å². The topological polar surface area (TPSA) is 3.24 Å². The van der Waals surface area contributed by atoms with Gasteiger partial charge in [-0.1, -0.05) is 29.8 Å². The summed E-state index contributed by atoms with van der Waals surface area (Å²) in [6.07, 6.45) is 2.65. The molecule has 0 aliphatic carbocycles. The lowest BCUT2D eigenvalue weighted by Gasteiger charge is -2.30. The van der Waals surface area contributed by atoms with Gasteiger partial charge in [-0.3, -0.25) is 0 Å². The summed E-state index contributed by atoms with van der Waals surface area (Å²) in [7, 11) is 0. The van der Waals surface area contributed by atoms with Crippen molar-refractivity contribution < 1.29 is 0 Å². The number of halogens is 1. The predicted molar refractivity (Wildman–Crippen MR) is 53.2 cm³/mol. The number of piperidine rings is 1. The minimum absolute atomic E-state index is 0.783. The zero-order valence-corrected chi connectivity index (χ0v) is 9.10. The molecule has 0 unspecified atom stereocenters. The fraction of sp³-hybridized carbons (Fsp3) is 1.00. The lowest BCUT2D eigenvalue weighted by atomic mass is 10.1. The van der Waals surface area contributed by atoms with Gasteiger partial charge in [-0.25, -0.2) is 0 Å². The summed E-state index contributed by atoms with van der Waals surface area (Å²) in [5, 5.41) is 0. The number of hydrogen-bond acceptors (Lipinski definition) is 1. The molecule has 0 aromatic heterocycles. The molecule has 11 heavy (non-hydrogen) atoms. The second kappa shape index (κ2) is 4.46. The summed E-state index contributed by atoms with van der Waals surface area (Å²) in [5.41, 5.74) is 0. The molecule has 1 fully saturated rings. The van der Waals surface area contributed by atoms with Gasteiger partial charge >= 0.3 is 0 Å². The molecule has 2 heteroatoms. The molecular formula is C9H18BrN. The Kier molecular flexibility index (Phi) is 3.86. The average molecular weight is 220 g/mol. The van der Waals surface area contributed by atoms with E-state index in [1.54, 1.807) is 0 Å². The molecule has 66 valence electrons. The molecule has 1 rings (SSSR count). The zero-order chi connectivity index (χ0) is 8.27. The summed E-state index contributed by atoms with van der Waals surface area (Å²) in [6, 6.07) is 0. The fourth-order valence-electron chi connectivity index (χ4n) is 1.60. The molecule has 0 amide bonds. The highest BCUT2D eigenvalue weighted by molar-refractivity contribution is 9.09. The third-order valence-corrected chi connectivity index (χ3v) is 3.06. The second-order valence-electron chi connectivity index (χ2n) is 3.87. The van der Waals surface area contributed by atoms with Gasteiger partial charge in [0.05, 0.1) is 0 Å². The van der Waals surface area contributed by atoms with Crippen molar-refractivity contribution in [1.29, 1.82) is 0 Å². The van der Waals surface area contributed by atoms with Crippen LogP contribution < -0.4 is 0 Å². The van der Waals surface area contributed by atoms with Gasteiger partial charge in [0.2, 0.25) is 0 Å². The summed E-state index contributed by atoms with van der Waals surface area (Å²) in [4.78, 5) is 3.36. The van der Waals surface area contributed by atoms with Crippen molar-refractivity contribution in [3.63, 3.8) is 0 Å². The molecule has 0 saturated carbocycles. The first-order valence-electron chi connectivity index (χ1n) is 4.55. The summed E-state index contributed by atoms with van der Waals surface area (Å²) >= 11 is 3.66. The fourth-order valence-corrected chi connectivity index (χ4v) is 2.01. The summed E-state index contributed by atoms with van der Waals surface area (Å²) in [6.45, 7) is 8.43. The van der Waals surface area contributed by atoms with E-state index in [0.717, 1.165) is 10.7 Å². The van der Waals surface area contributed by atoms with Crippen LogP contribution in [-0.4, -0.2) is 29.4 Å². The molecule has 1 nitrogen and oxygen atoms in total. The largest absolute Gasteiger partial charge is 0.303 e. The van der Waals surface area contributed by atoms with Gasteiger partial charge in [0.15, 0.2) is 0 Å². The van der Waals surface area contributed by atoms with Crippen LogP contribution >= 0.6 is 15.9 Å². The van der Waals surface area contributed by atoms with E-state index in [0.29, 0.717) is 0 Å². The van der Waals surface area contributed by atoms with Crippen molar-refractivity contribution in [1.82, 2.24) is 4.90 Å². The quantitative estimate of drug-likeness (QED) is 0.646. The van der Waals surface area contributed by atoms with Gasteiger partial charge in [0, 0.05) is 11.4 Å². The van der Waals surface area contributed by atoms with E-state index in [-0.39, 0.29) is 0 Å². The first-order valence-corrected chi connectivity index (χ1v) is 5.46. The monoisotopic (exact) mass is 219 g/mol. The van der Waals surface area contributed by atoms with Gasteiger partial charge in [-0.2, -0.15) is 0 Å². The second-order valence-corrected chi connectivity index (χ2v) is 5.16. The molecule has 0 bridgehead atoms. The molecule has 0 aromatic rings. The lowest BCUT2D eigenvalue weighted by molar-refractivity contribution is 0.210. The first kappa shape index (κ1) is 9.53. The van der Waals surface area contributed by atoms with E-state index >= 15 is 0 Å². The summed E-state index contributed by atoms with van der Waals surface area (Å²) in [5.74, 6) is 0.821. The van der Waals surface area contributed by atoms with Crippen molar-refractivity contribution in [3.8, 4) is 0 Å². The molecule has 0 spiro atoms. The Hall–Kier alpha value is 0.440. The maximum Gasteiger partial charge on any atom is 0.0170 e. The van der Waals surface area contributed by atoms with Crippen LogP contribution in [0.15, 0.2) is 0 Å². The maximum absolute atomic E-state index is 3.66. The van der Waals surface area contributed by atoms with E-state index in [2.05, 4.69) is 34.7 Å². The van der Waals surface area contributed by atoms with Crippen LogP contribution in [0, 0.1) is 5.92 Å². The van der Waals surface area contributed by atoms with E-state index in [4.69, 9.17) is 0 Å². The summed E-state index contributed by atoms with van der Waals surface area (Å²) < 4.78 is 0. The lowest BCUT2D eigenvalue weighted by Crippen LogP contribution is -2.36. The highest BCUT2D eigenvalue weighted by Crippen LogP contribution is 2.17. The maximum atomic E-state index is 3.66. The predicted octanol–water partition coefficient (Wildman–Crippen LogP) is 2.50. The SMILES string of the molecule is CC(C)CN1CCC(Br)CC1. The van der Waals surface area contributed by atoms with Crippen LogP contribution in [-0.2, 0) is 0 Å². The minimum Gasteiger partial charge on any atom is -0.303 e. The number of nitrogens with zero attached hydrogens (tertiary/aromatic N) is 1. The Bertz CT molecular complexity index is 106. The highest BCUT2D eigenvalue weighted by Gasteiger charge is 2.16. The molecule has 1 saturated heterocycles. The van der Waals surface area contributed by atoms with E-state index < -0.39 is 0 Å². The third-order valence-electron chi connectivity index (χ3n) is 2.14. The molecule has 0 atom stereocenters. The molecule has 0 N–H and O–H groups in total. The molecular weight excluding hydrogens is 202 g/mol. The number of hydrogen-bond donors (Lipinski definition) is 0. The number of likely N-dealkylation sites (tertiary alicyclic amines) is 1. The average Bonchev–Trinajstić information content (AvgIpc) is 1.93. The van der Waals surface area contributed by atoms with Crippen molar-refractivity contribution in [2.75, 3.05) is 19.6 Å². The Morgan fingerprint density at radius 2 is 1.91 bits per heavy atom. The minimum atomic E-state index is 0.783. The standard InChI is InChI=1S/C9H18BrN/c1-8(2)7-11-5-3-9(10)4-6-11/h8-9H,3-7H2,1-2H3. The van der Waals surface area contributed by atoms with E-state index in [1.807, 2.05) is 0 Å². The normalized spacial score (nSPS) is 22.9. The Morgan fingerprint density at radius 3 is 2.36 bits per heavy atom. The molecule has 1 aliphatic rings. The number of alkyl halides is 1. The molecule has 1 heterocycles. The van der Waals surface area contributed by atoms with Gasteiger partial charge < -0.3 is 4.90 Å². The van der Waals surface area contributed by atoms with Crippen LogP contribution in [0.3, 0.4) is 0 Å². The van der Waals surface area contributed by atoms with Gasteiger partial charge in [-0.05, 0) is 31.8 Å². The smallest absolute Gasteiger partial charge is 0.0170 e. The van der Waals surface area contributed by atoms with E-state index in [9.17, 15) is 0 Å². The molecule has 0 aromatic carbocycles. The number of rotatable bonds is 2. The van der Waals surface area contributed by atoms with Crippen LogP contribution in [0.4, 0.5) is 0 Å².